The van der Waals surface area contributed by atoms with Gasteiger partial charge in [-0.1, -0.05) is 76.9 Å². The number of anilines is 1. The Morgan fingerprint density at radius 1 is 1.14 bits per heavy atom. The molecule has 10 heteroatoms. The largest absolute Gasteiger partial charge is 0.394 e. The zero-order valence-electron chi connectivity index (χ0n) is 24.1. The lowest BCUT2D eigenvalue weighted by molar-refractivity contribution is -0.147. The normalized spacial score (nSPS) is 28.0. The molecule has 1 N–H and O–H groups in total. The SMILES string of the molecule is C=CCN(Cc1ccccc1)C(=O)[C@H]1[C@H]2C(=O)N([C@@H](CC)CO)C(C(=O)N(CC=C)c3ccc(Cl)cc3)C23CC(Br)[C@@H]1O3. The third-order valence-electron chi connectivity index (χ3n) is 8.91. The average Bonchev–Trinajstić information content (AvgIpc) is 3.60. The van der Waals surface area contributed by atoms with Gasteiger partial charge in [-0.2, -0.15) is 0 Å². The van der Waals surface area contributed by atoms with E-state index in [-0.39, 0.29) is 35.7 Å². The van der Waals surface area contributed by atoms with E-state index >= 15 is 0 Å². The number of fused-ring (bicyclic) bond motifs is 1. The molecule has 3 unspecified atom stereocenters. The smallest absolute Gasteiger partial charge is 0.253 e. The van der Waals surface area contributed by atoms with Gasteiger partial charge in [0.15, 0.2) is 0 Å². The van der Waals surface area contributed by atoms with Crippen LogP contribution in [-0.2, 0) is 25.7 Å². The van der Waals surface area contributed by atoms with Crippen molar-refractivity contribution in [1.29, 1.82) is 0 Å². The first kappa shape index (κ1) is 31.4. The van der Waals surface area contributed by atoms with Crippen molar-refractivity contribution in [3.8, 4) is 0 Å². The Balaban J connectivity index is 1.58. The van der Waals surface area contributed by atoms with Crippen LogP contribution in [0.4, 0.5) is 5.69 Å². The minimum absolute atomic E-state index is 0.184. The summed E-state index contributed by atoms with van der Waals surface area (Å²) in [5.74, 6) is -2.61. The number of ether oxygens (including phenoxy) is 1. The molecule has 228 valence electrons. The lowest BCUT2D eigenvalue weighted by Crippen LogP contribution is -2.59. The van der Waals surface area contributed by atoms with E-state index in [0.717, 1.165) is 5.56 Å². The van der Waals surface area contributed by atoms with Crippen LogP contribution in [0.3, 0.4) is 0 Å². The zero-order valence-corrected chi connectivity index (χ0v) is 26.5. The predicted octanol–water partition coefficient (Wildman–Crippen LogP) is 4.59. The highest BCUT2D eigenvalue weighted by Gasteiger charge is 2.77. The van der Waals surface area contributed by atoms with Gasteiger partial charge in [-0.25, -0.2) is 0 Å². The molecule has 3 heterocycles. The molecule has 2 aromatic rings. The molecule has 0 aromatic heterocycles. The van der Waals surface area contributed by atoms with Crippen molar-refractivity contribution in [2.75, 3.05) is 24.6 Å². The van der Waals surface area contributed by atoms with E-state index in [9.17, 15) is 19.5 Å². The second-order valence-electron chi connectivity index (χ2n) is 11.4. The van der Waals surface area contributed by atoms with Crippen molar-refractivity contribution in [1.82, 2.24) is 9.80 Å². The number of hydrogen-bond acceptors (Lipinski definition) is 5. The molecule has 43 heavy (non-hydrogen) atoms. The maximum Gasteiger partial charge on any atom is 0.253 e. The van der Waals surface area contributed by atoms with Crippen LogP contribution in [0, 0.1) is 11.8 Å². The Morgan fingerprint density at radius 3 is 2.42 bits per heavy atom. The average molecular weight is 671 g/mol. The Labute approximate surface area is 266 Å². The maximum atomic E-state index is 14.7. The molecular weight excluding hydrogens is 634 g/mol. The van der Waals surface area contributed by atoms with E-state index < -0.39 is 35.6 Å². The highest BCUT2D eigenvalue weighted by Crippen LogP contribution is 2.61. The van der Waals surface area contributed by atoms with Crippen LogP contribution in [-0.4, -0.2) is 80.9 Å². The van der Waals surface area contributed by atoms with Crippen molar-refractivity contribution in [2.24, 2.45) is 11.8 Å². The minimum Gasteiger partial charge on any atom is -0.394 e. The molecule has 5 rings (SSSR count). The number of aliphatic hydroxyl groups is 1. The van der Waals surface area contributed by atoms with Gasteiger partial charge in [-0.15, -0.1) is 13.2 Å². The number of likely N-dealkylation sites (tertiary alicyclic amines) is 1. The lowest BCUT2D eigenvalue weighted by atomic mass is 9.70. The predicted molar refractivity (Wildman–Crippen MR) is 170 cm³/mol. The van der Waals surface area contributed by atoms with Crippen molar-refractivity contribution in [2.45, 2.75) is 54.9 Å². The molecule has 0 aliphatic carbocycles. The molecule has 1 spiro atoms. The second-order valence-corrected chi connectivity index (χ2v) is 13.0. The fraction of sp³-hybridized carbons (Fsp3) is 0.424. The third kappa shape index (κ3) is 5.45. The molecule has 3 aliphatic heterocycles. The summed E-state index contributed by atoms with van der Waals surface area (Å²) in [6.07, 6.45) is 3.49. The quantitative estimate of drug-likeness (QED) is 0.264. The van der Waals surface area contributed by atoms with Crippen molar-refractivity contribution in [3.63, 3.8) is 0 Å². The molecule has 2 bridgehead atoms. The maximum absolute atomic E-state index is 14.7. The summed E-state index contributed by atoms with van der Waals surface area (Å²) in [5.41, 5.74) is 0.289. The summed E-state index contributed by atoms with van der Waals surface area (Å²) in [4.78, 5) is 48.0. The Hall–Kier alpha value is -2.98. The Kier molecular flexibility index (Phi) is 9.46. The molecule has 3 amide bonds. The monoisotopic (exact) mass is 669 g/mol. The number of hydrogen-bond donors (Lipinski definition) is 1. The van der Waals surface area contributed by atoms with Gasteiger partial charge in [0.25, 0.3) is 5.91 Å². The first-order valence-corrected chi connectivity index (χ1v) is 15.9. The molecule has 7 atom stereocenters. The first-order chi connectivity index (χ1) is 20.7. The number of halogens is 2. The van der Waals surface area contributed by atoms with Crippen LogP contribution in [0.15, 0.2) is 79.9 Å². The number of rotatable bonds is 12. The third-order valence-corrected chi connectivity index (χ3v) is 10.0. The molecule has 3 saturated heterocycles. The summed E-state index contributed by atoms with van der Waals surface area (Å²) in [6, 6.07) is 14.8. The van der Waals surface area contributed by atoms with E-state index in [1.54, 1.807) is 46.2 Å². The number of alkyl halides is 1. The van der Waals surface area contributed by atoms with Crippen molar-refractivity contribution >= 4 is 50.9 Å². The van der Waals surface area contributed by atoms with Gasteiger partial charge in [0.2, 0.25) is 11.8 Å². The fourth-order valence-electron chi connectivity index (χ4n) is 7.06. The van der Waals surface area contributed by atoms with Crippen LogP contribution >= 0.6 is 27.5 Å². The molecule has 8 nitrogen and oxygen atoms in total. The van der Waals surface area contributed by atoms with Crippen LogP contribution in [0.2, 0.25) is 5.02 Å². The molecular formula is C33H37BrClN3O5. The number of nitrogens with zero attached hydrogens (tertiary/aromatic N) is 3. The van der Waals surface area contributed by atoms with Gasteiger partial charge >= 0.3 is 0 Å². The molecule has 0 saturated carbocycles. The second kappa shape index (κ2) is 12.9. The van der Waals surface area contributed by atoms with Crippen molar-refractivity contribution in [3.05, 3.63) is 90.5 Å². The fourth-order valence-corrected chi connectivity index (χ4v) is 8.13. The standard InChI is InChI=1S/C33H37BrClN3O5/c1-4-16-36(19-21-10-8-7-9-11-21)30(40)26-27-31(41)38(23(6-3)20-39)29(33(27)18-25(34)28(26)43-33)32(42)37(17-5-2)24-14-12-22(35)13-15-24/h4-5,7-15,23,25-29,39H,1-2,6,16-20H2,3H3/t23-,25?,26-,27-,28-,29?,33?/m0/s1. The first-order valence-electron chi connectivity index (χ1n) is 14.6. The number of aliphatic hydroxyl groups excluding tert-OH is 1. The molecule has 3 aliphatic rings. The van der Waals surface area contributed by atoms with E-state index in [1.165, 1.54) is 4.90 Å². The van der Waals surface area contributed by atoms with Gasteiger partial charge in [-0.3, -0.25) is 14.4 Å². The topological polar surface area (TPSA) is 90.4 Å². The van der Waals surface area contributed by atoms with Gasteiger partial charge in [-0.05, 0) is 42.7 Å². The van der Waals surface area contributed by atoms with E-state index in [2.05, 4.69) is 29.1 Å². The van der Waals surface area contributed by atoms with Crippen LogP contribution < -0.4 is 4.90 Å². The van der Waals surface area contributed by atoms with Crippen LogP contribution in [0.5, 0.6) is 0 Å². The Bertz CT molecular complexity index is 1370. The van der Waals surface area contributed by atoms with Gasteiger partial charge < -0.3 is 24.5 Å². The Morgan fingerprint density at radius 2 is 1.81 bits per heavy atom. The highest BCUT2D eigenvalue weighted by molar-refractivity contribution is 9.09. The number of carbonyl (C=O) groups is 3. The van der Waals surface area contributed by atoms with Gasteiger partial charge in [0.05, 0.1) is 30.6 Å². The summed E-state index contributed by atoms with van der Waals surface area (Å²) in [6.45, 7) is 10.1. The van der Waals surface area contributed by atoms with Gasteiger partial charge in [0.1, 0.15) is 11.6 Å². The number of amides is 3. The summed E-state index contributed by atoms with van der Waals surface area (Å²) >= 11 is 9.88. The summed E-state index contributed by atoms with van der Waals surface area (Å²) in [5, 5.41) is 10.9. The van der Waals surface area contributed by atoms with Crippen molar-refractivity contribution < 1.29 is 24.2 Å². The van der Waals surface area contributed by atoms with Gasteiger partial charge in [0, 0.05) is 35.2 Å². The minimum atomic E-state index is -1.26. The molecule has 3 fully saturated rings. The van der Waals surface area contributed by atoms with Crippen LogP contribution in [0.1, 0.15) is 25.3 Å². The summed E-state index contributed by atoms with van der Waals surface area (Å²) < 4.78 is 6.71. The van der Waals surface area contributed by atoms with E-state index in [0.29, 0.717) is 36.6 Å². The van der Waals surface area contributed by atoms with Crippen LogP contribution in [0.25, 0.3) is 0 Å². The van der Waals surface area contributed by atoms with E-state index in [1.807, 2.05) is 37.3 Å². The zero-order chi connectivity index (χ0) is 30.9. The molecule has 0 radical (unpaired) electrons. The highest BCUT2D eigenvalue weighted by atomic mass is 79.9. The lowest BCUT2D eigenvalue weighted by Gasteiger charge is -2.39. The summed E-state index contributed by atoms with van der Waals surface area (Å²) in [7, 11) is 0. The number of carbonyl (C=O) groups excluding carboxylic acids is 3. The number of benzene rings is 2. The van der Waals surface area contributed by atoms with E-state index in [4.69, 9.17) is 16.3 Å². The molecule has 2 aromatic carbocycles.